The fraction of sp³-hybridized carbons (Fsp3) is 0.531. The van der Waals surface area contributed by atoms with Gasteiger partial charge >= 0.3 is 0 Å². The number of para-hydroxylation sites is 1. The van der Waals surface area contributed by atoms with Crippen molar-refractivity contribution >= 4 is 45.0 Å². The Morgan fingerprint density at radius 2 is 1.78 bits per heavy atom. The van der Waals surface area contributed by atoms with Crippen molar-refractivity contribution in [2.24, 2.45) is 15.7 Å². The molecule has 0 bridgehead atoms. The van der Waals surface area contributed by atoms with Crippen LogP contribution in [0, 0.1) is 11.3 Å². The van der Waals surface area contributed by atoms with Gasteiger partial charge in [0.2, 0.25) is 5.91 Å². The van der Waals surface area contributed by atoms with Gasteiger partial charge in [0.15, 0.2) is 21.5 Å². The number of nitrogens with zero attached hydrogens (tertiary/aromatic N) is 3. The first kappa shape index (κ1) is 34.7. The third-order valence-corrected chi connectivity index (χ3v) is 8.59. The SMILES string of the molecule is COc1cccc([C@H]2O[C@H](CC(=O)N3CCC(CC(=O)N=S(C)(=O)O)CC3)C(=O)N(CC(C)(C)C)c3ccc(Cl)cc32)c1OC. The number of carbonyl (C=O) groups is 3. The molecule has 13 heteroatoms. The van der Waals surface area contributed by atoms with Gasteiger partial charge < -0.3 is 28.6 Å². The van der Waals surface area contributed by atoms with Gasteiger partial charge in [-0.05, 0) is 48.4 Å². The van der Waals surface area contributed by atoms with E-state index in [0.717, 1.165) is 6.26 Å². The van der Waals surface area contributed by atoms with E-state index in [9.17, 15) is 23.1 Å². The maximum atomic E-state index is 14.3. The van der Waals surface area contributed by atoms with Crippen molar-refractivity contribution in [3.05, 3.63) is 52.5 Å². The van der Waals surface area contributed by atoms with Crippen LogP contribution in [0.15, 0.2) is 40.8 Å². The number of hydrogen-bond donors (Lipinski definition) is 1. The van der Waals surface area contributed by atoms with Crippen LogP contribution >= 0.6 is 11.6 Å². The highest BCUT2D eigenvalue weighted by molar-refractivity contribution is 7.87. The number of halogens is 1. The van der Waals surface area contributed by atoms with Gasteiger partial charge in [-0.15, -0.1) is 4.36 Å². The van der Waals surface area contributed by atoms with Crippen molar-refractivity contribution in [2.45, 2.75) is 58.7 Å². The van der Waals surface area contributed by atoms with E-state index in [1.54, 1.807) is 41.2 Å². The van der Waals surface area contributed by atoms with Crippen LogP contribution in [0.4, 0.5) is 5.69 Å². The zero-order valence-corrected chi connectivity index (χ0v) is 28.2. The normalized spacial score (nSPS) is 20.6. The molecule has 2 aliphatic heterocycles. The maximum Gasteiger partial charge on any atom is 0.256 e. The Bertz CT molecular complexity index is 1550. The van der Waals surface area contributed by atoms with E-state index in [1.165, 1.54) is 7.11 Å². The minimum atomic E-state index is -3.51. The van der Waals surface area contributed by atoms with E-state index in [2.05, 4.69) is 4.36 Å². The third kappa shape index (κ3) is 8.75. The zero-order valence-electron chi connectivity index (χ0n) is 26.6. The Kier molecular flexibility index (Phi) is 10.8. The second-order valence-electron chi connectivity index (χ2n) is 12.8. The summed E-state index contributed by atoms with van der Waals surface area (Å²) in [5.41, 5.74) is 1.65. The van der Waals surface area contributed by atoms with E-state index in [-0.39, 0.29) is 36.0 Å². The van der Waals surface area contributed by atoms with Crippen molar-refractivity contribution in [1.82, 2.24) is 4.90 Å². The summed E-state index contributed by atoms with van der Waals surface area (Å²) in [6.45, 7) is 7.24. The maximum absolute atomic E-state index is 14.3. The predicted octanol–water partition coefficient (Wildman–Crippen LogP) is 5.34. The molecule has 0 radical (unpaired) electrons. The number of carbonyl (C=O) groups excluding carboxylic acids is 3. The number of hydrogen-bond acceptors (Lipinski definition) is 7. The van der Waals surface area contributed by atoms with Crippen LogP contribution < -0.4 is 14.4 Å². The minimum Gasteiger partial charge on any atom is -0.493 e. The van der Waals surface area contributed by atoms with Crippen LogP contribution in [0.2, 0.25) is 5.02 Å². The van der Waals surface area contributed by atoms with E-state index >= 15 is 0 Å². The number of ether oxygens (including phenoxy) is 3. The lowest BCUT2D eigenvalue weighted by Crippen LogP contribution is -2.46. The summed E-state index contributed by atoms with van der Waals surface area (Å²) in [6, 6.07) is 10.7. The summed E-state index contributed by atoms with van der Waals surface area (Å²) >= 11 is 6.50. The molecule has 2 aromatic rings. The molecule has 1 unspecified atom stereocenters. The van der Waals surface area contributed by atoms with Crippen LogP contribution in [-0.2, 0) is 29.1 Å². The van der Waals surface area contributed by atoms with Gasteiger partial charge in [-0.1, -0.05) is 44.5 Å². The average molecular weight is 664 g/mol. The lowest BCUT2D eigenvalue weighted by molar-refractivity contribution is -0.144. The molecule has 2 aliphatic rings. The Balaban J connectivity index is 1.65. The number of amides is 3. The first-order valence-electron chi connectivity index (χ1n) is 14.8. The lowest BCUT2D eigenvalue weighted by Gasteiger charge is -2.33. The number of benzene rings is 2. The molecule has 1 saturated heterocycles. The number of rotatable bonds is 8. The van der Waals surface area contributed by atoms with Crippen LogP contribution in [0.25, 0.3) is 0 Å². The molecule has 0 aliphatic carbocycles. The molecule has 0 saturated carbocycles. The second kappa shape index (κ2) is 14.1. The van der Waals surface area contributed by atoms with Crippen molar-refractivity contribution in [2.75, 3.05) is 45.0 Å². The molecular weight excluding hydrogens is 622 g/mol. The molecule has 45 heavy (non-hydrogen) atoms. The number of likely N-dealkylation sites (tertiary alicyclic amines) is 1. The fourth-order valence-corrected chi connectivity index (χ4v) is 6.48. The van der Waals surface area contributed by atoms with Gasteiger partial charge in [0.1, 0.15) is 12.2 Å². The van der Waals surface area contributed by atoms with Gasteiger partial charge in [0.25, 0.3) is 11.8 Å². The average Bonchev–Trinajstić information content (AvgIpc) is 3.05. The zero-order chi connectivity index (χ0) is 33.1. The molecule has 246 valence electrons. The largest absolute Gasteiger partial charge is 0.493 e. The predicted molar refractivity (Wildman–Crippen MR) is 172 cm³/mol. The molecule has 1 fully saturated rings. The summed E-state index contributed by atoms with van der Waals surface area (Å²) in [5.74, 6) is -0.321. The van der Waals surface area contributed by atoms with Gasteiger partial charge in [0, 0.05) is 54.1 Å². The van der Waals surface area contributed by atoms with Crippen molar-refractivity contribution in [3.8, 4) is 11.5 Å². The molecule has 2 aromatic carbocycles. The highest BCUT2D eigenvalue weighted by Crippen LogP contribution is 2.45. The number of methoxy groups -OCH3 is 2. The second-order valence-corrected chi connectivity index (χ2v) is 14.9. The molecule has 0 aromatic heterocycles. The number of piperidine rings is 1. The molecule has 2 heterocycles. The van der Waals surface area contributed by atoms with Crippen molar-refractivity contribution < 1.29 is 37.4 Å². The fourth-order valence-electron chi connectivity index (χ4n) is 5.85. The van der Waals surface area contributed by atoms with Crippen LogP contribution in [-0.4, -0.2) is 77.6 Å². The first-order chi connectivity index (χ1) is 21.1. The van der Waals surface area contributed by atoms with Gasteiger partial charge in [-0.2, -0.15) is 0 Å². The highest BCUT2D eigenvalue weighted by Gasteiger charge is 2.41. The van der Waals surface area contributed by atoms with Crippen molar-refractivity contribution in [3.63, 3.8) is 0 Å². The molecule has 3 amide bonds. The standard InChI is InChI=1S/C32H42ClN3O8S/c1-32(2,3)19-36-24-11-10-21(33)17-23(24)29(22-8-7-9-25(42-4)30(22)43-5)44-26(31(36)39)18-28(38)35-14-12-20(13-15-35)16-27(37)34-45(6,40)41/h7-11,17,20,26,29H,12-16,18-19H2,1-6H3,(H,34,37,40,41)/t26-,29-/m1/s1. The van der Waals surface area contributed by atoms with E-state index < -0.39 is 28.1 Å². The molecule has 4 rings (SSSR count). The number of fused-ring (bicyclic) bond motifs is 1. The highest BCUT2D eigenvalue weighted by atomic mass is 35.5. The smallest absolute Gasteiger partial charge is 0.256 e. The van der Waals surface area contributed by atoms with E-state index in [0.29, 0.717) is 65.8 Å². The summed E-state index contributed by atoms with van der Waals surface area (Å²) in [7, 11) is -0.433. The van der Waals surface area contributed by atoms with Gasteiger partial charge in [-0.25, -0.2) is 4.21 Å². The monoisotopic (exact) mass is 663 g/mol. The first-order valence-corrected chi connectivity index (χ1v) is 17.1. The van der Waals surface area contributed by atoms with Crippen LogP contribution in [0.5, 0.6) is 11.5 Å². The van der Waals surface area contributed by atoms with Crippen molar-refractivity contribution in [1.29, 1.82) is 0 Å². The summed E-state index contributed by atoms with van der Waals surface area (Å²) in [5, 5.41) is 0.469. The topological polar surface area (TPSA) is 135 Å². The summed E-state index contributed by atoms with van der Waals surface area (Å²) in [4.78, 5) is 43.4. The summed E-state index contributed by atoms with van der Waals surface area (Å²) in [6.07, 6.45) is -0.00822. The Morgan fingerprint density at radius 1 is 1.09 bits per heavy atom. The summed E-state index contributed by atoms with van der Waals surface area (Å²) < 4.78 is 42.0. The molecule has 0 spiro atoms. The molecule has 1 N–H and O–H groups in total. The van der Waals surface area contributed by atoms with Crippen LogP contribution in [0.3, 0.4) is 0 Å². The van der Waals surface area contributed by atoms with Crippen LogP contribution in [0.1, 0.15) is 63.7 Å². The van der Waals surface area contributed by atoms with Gasteiger partial charge in [-0.3, -0.25) is 14.4 Å². The van der Waals surface area contributed by atoms with E-state index in [4.69, 9.17) is 25.8 Å². The minimum absolute atomic E-state index is 0.0459. The number of anilines is 1. The Morgan fingerprint density at radius 3 is 2.38 bits per heavy atom. The molecular formula is C32H42ClN3O8S. The lowest BCUT2D eigenvalue weighted by atomic mass is 9.93. The Hall–Kier alpha value is -3.19. The third-order valence-electron chi connectivity index (χ3n) is 7.81. The molecule has 11 nitrogen and oxygen atoms in total. The molecule has 3 atom stereocenters. The quantitative estimate of drug-likeness (QED) is 0.400. The van der Waals surface area contributed by atoms with Gasteiger partial charge in [0.05, 0.1) is 20.6 Å². The Labute approximate surface area is 270 Å². The van der Waals surface area contributed by atoms with E-state index in [1.807, 2.05) is 32.9 Å².